The number of nitrogens with two attached hydrogens (primary N) is 2. The van der Waals surface area contributed by atoms with E-state index in [1.165, 1.54) is 0 Å². The number of rotatable bonds is 8. The van der Waals surface area contributed by atoms with Crippen molar-refractivity contribution in [3.63, 3.8) is 0 Å². The monoisotopic (exact) mass is 518 g/mol. The predicted molar refractivity (Wildman–Crippen MR) is 108 cm³/mol. The van der Waals surface area contributed by atoms with Crippen molar-refractivity contribution in [2.75, 3.05) is 0 Å². The molecule has 0 aromatic rings. The van der Waals surface area contributed by atoms with Gasteiger partial charge in [-0.25, -0.2) is 0 Å². The Bertz CT molecular complexity index is 552. The van der Waals surface area contributed by atoms with Crippen molar-refractivity contribution in [2.45, 2.75) is 50.6 Å². The molecule has 0 saturated heterocycles. The summed E-state index contributed by atoms with van der Waals surface area (Å²) in [5, 5.41) is 44.9. The molecule has 1 aliphatic carbocycles. The topological polar surface area (TPSA) is 213 Å². The van der Waals surface area contributed by atoms with E-state index in [2.05, 4.69) is 0 Å². The predicted octanol–water partition coefficient (Wildman–Crippen LogP) is -9.04. The third-order valence-electron chi connectivity index (χ3n) is 5.01. The van der Waals surface area contributed by atoms with Crippen LogP contribution in [0.5, 0.6) is 0 Å². The van der Waals surface area contributed by atoms with Gasteiger partial charge in [-0.15, -0.1) is 0 Å². The first-order chi connectivity index (χ1) is 10.9. The molecular formula is C14H22Ca2N2Na4O8. The molecule has 0 bridgehead atoms. The quantitative estimate of drug-likeness (QED) is 0.229. The molecule has 1 aliphatic rings. The van der Waals surface area contributed by atoms with Gasteiger partial charge < -0.3 is 51.1 Å². The van der Waals surface area contributed by atoms with Crippen LogP contribution in [-0.4, -0.2) is 223 Å². The molecule has 30 heavy (non-hydrogen) atoms. The first kappa shape index (κ1) is 47.5. The van der Waals surface area contributed by atoms with Crippen LogP contribution in [0, 0.1) is 10.8 Å². The molecule has 144 valence electrons. The van der Waals surface area contributed by atoms with Crippen LogP contribution in [0.25, 0.3) is 0 Å². The second-order valence-electron chi connectivity index (χ2n) is 6.45. The number of hydrogen-bond donors (Lipinski definition) is 2. The van der Waals surface area contributed by atoms with Crippen LogP contribution in [0.2, 0.25) is 0 Å². The van der Waals surface area contributed by atoms with Crippen molar-refractivity contribution < 1.29 is 39.6 Å². The summed E-state index contributed by atoms with van der Waals surface area (Å²) in [5.41, 5.74) is 5.94. The first-order valence-electron chi connectivity index (χ1n) is 7.25. The number of carboxylic acids is 4. The van der Waals surface area contributed by atoms with Gasteiger partial charge in [-0.1, -0.05) is 0 Å². The molecule has 1 fully saturated rings. The summed E-state index contributed by atoms with van der Waals surface area (Å²) in [5.74, 6) is -6.84. The van der Waals surface area contributed by atoms with Gasteiger partial charge in [-0.05, 0) is 50.4 Å². The van der Waals surface area contributed by atoms with Crippen molar-refractivity contribution in [1.82, 2.24) is 0 Å². The van der Waals surface area contributed by atoms with Crippen molar-refractivity contribution in [3.05, 3.63) is 0 Å². The van der Waals surface area contributed by atoms with Crippen LogP contribution >= 0.6 is 0 Å². The fourth-order valence-corrected chi connectivity index (χ4v) is 4.08. The van der Waals surface area contributed by atoms with Crippen LogP contribution < -0.4 is 31.9 Å². The molecule has 0 aliphatic heterocycles. The molecule has 0 unspecified atom stereocenters. The van der Waals surface area contributed by atoms with Gasteiger partial charge in [-0.3, -0.25) is 0 Å². The summed E-state index contributed by atoms with van der Waals surface area (Å²) in [6.45, 7) is 0. The third kappa shape index (κ3) is 12.5. The zero-order valence-electron chi connectivity index (χ0n) is 14.3. The molecule has 1 saturated carbocycles. The Morgan fingerprint density at radius 3 is 1.20 bits per heavy atom. The van der Waals surface area contributed by atoms with E-state index in [4.69, 9.17) is 11.5 Å². The van der Waals surface area contributed by atoms with Crippen LogP contribution in [0.4, 0.5) is 0 Å². The van der Waals surface area contributed by atoms with Crippen molar-refractivity contribution in [3.8, 4) is 0 Å². The third-order valence-corrected chi connectivity index (χ3v) is 5.01. The van der Waals surface area contributed by atoms with Crippen molar-refractivity contribution >= 4 is 218 Å². The summed E-state index contributed by atoms with van der Waals surface area (Å²) < 4.78 is 0. The summed E-state index contributed by atoms with van der Waals surface area (Å²) >= 11 is 0. The molecular weight excluding hydrogens is 496 g/mol. The van der Waals surface area contributed by atoms with Gasteiger partial charge in [-0.2, -0.15) is 0 Å². The molecule has 0 aromatic heterocycles. The summed E-state index contributed by atoms with van der Waals surface area (Å²) in [4.78, 5) is 44.9. The van der Waals surface area contributed by atoms with E-state index < -0.39 is 66.1 Å². The fourth-order valence-electron chi connectivity index (χ4n) is 4.08. The Balaban J connectivity index is -0.000000240. The van der Waals surface area contributed by atoms with Gasteiger partial charge in [0.15, 0.2) is 0 Å². The molecule has 0 aromatic carbocycles. The molecule has 0 heterocycles. The fraction of sp³-hybridized carbons (Fsp3) is 0.714. The Morgan fingerprint density at radius 1 is 0.633 bits per heavy atom. The minimum atomic E-state index is -2.12. The second-order valence-corrected chi connectivity index (χ2v) is 6.45. The SMILES string of the molecule is NC1(N)CCCC(CC(=O)[O-])(CC(=O)[O-])C1(CC(=O)[O-])CC(=O)[O-].[Ca+2].[Ca+2].[NaH].[NaH].[NaH].[NaH]. The van der Waals surface area contributed by atoms with Gasteiger partial charge in [0.1, 0.15) is 0 Å². The molecule has 10 nitrogen and oxygen atoms in total. The van der Waals surface area contributed by atoms with Gasteiger partial charge in [0.25, 0.3) is 0 Å². The Labute approximate surface area is 323 Å². The molecule has 4 N–H and O–H groups in total. The molecule has 0 atom stereocenters. The minimum absolute atomic E-state index is 0. The standard InChI is InChI=1S/C14H22N2O8.2Ca.4Na.4H/c15-14(16)3-1-2-12(4-8(17)18,5-9(19)20)13(14,6-10(21)22)7-11(23)24;;;;;;;;;;/h1-7,15-16H2,(H,17,18)(H,19,20)(H,21,22)(H,23,24);;;;;;;;;;/q;2*+2;;;;;;;;/p-4. The molecule has 1 rings (SSSR count). The Morgan fingerprint density at radius 2 is 0.933 bits per heavy atom. The average Bonchev–Trinajstić information content (AvgIpc) is 2.32. The van der Waals surface area contributed by atoms with E-state index in [0.717, 1.165) is 0 Å². The van der Waals surface area contributed by atoms with Crippen LogP contribution in [0.15, 0.2) is 0 Å². The second kappa shape index (κ2) is 20.4. The molecule has 0 radical (unpaired) electrons. The zero-order valence-corrected chi connectivity index (χ0v) is 18.7. The maximum atomic E-state index is 11.2. The zero-order chi connectivity index (χ0) is 18.8. The van der Waals surface area contributed by atoms with Crippen molar-refractivity contribution in [1.29, 1.82) is 0 Å². The van der Waals surface area contributed by atoms with Gasteiger partial charge in [0.05, 0.1) is 5.66 Å². The number of aliphatic carboxylic acids is 4. The summed E-state index contributed by atoms with van der Waals surface area (Å²) in [7, 11) is 0. The normalized spacial score (nSPS) is 16.7. The average molecular weight is 518 g/mol. The first-order valence-corrected chi connectivity index (χ1v) is 7.25. The number of carbonyl (C=O) groups excluding carboxylic acids is 4. The molecule has 16 heteroatoms. The van der Waals surface area contributed by atoms with E-state index in [-0.39, 0.29) is 213 Å². The van der Waals surface area contributed by atoms with E-state index >= 15 is 0 Å². The number of carbonyl (C=O) groups is 4. The van der Waals surface area contributed by atoms with Gasteiger partial charge >= 0.3 is 194 Å². The Hall–Kier alpha value is 4.32. The number of carboxylic acid groups (broad SMARTS) is 4. The maximum absolute atomic E-state index is 11.2. The van der Waals surface area contributed by atoms with E-state index in [9.17, 15) is 39.6 Å². The van der Waals surface area contributed by atoms with Crippen LogP contribution in [0.3, 0.4) is 0 Å². The molecule has 0 amide bonds. The molecule has 0 spiro atoms. The number of hydrogen-bond acceptors (Lipinski definition) is 10. The van der Waals surface area contributed by atoms with Crippen LogP contribution in [-0.2, 0) is 19.2 Å². The summed E-state index contributed by atoms with van der Waals surface area (Å²) in [6.07, 6.45) is -3.91. The Kier molecular flexibility index (Phi) is 32.3. The van der Waals surface area contributed by atoms with Gasteiger partial charge in [0.2, 0.25) is 0 Å². The van der Waals surface area contributed by atoms with E-state index in [1.807, 2.05) is 0 Å². The van der Waals surface area contributed by atoms with Gasteiger partial charge in [0, 0.05) is 29.3 Å². The van der Waals surface area contributed by atoms with Crippen molar-refractivity contribution in [2.24, 2.45) is 22.3 Å². The van der Waals surface area contributed by atoms with E-state index in [1.54, 1.807) is 0 Å². The summed E-state index contributed by atoms with van der Waals surface area (Å²) in [6, 6.07) is 0. The van der Waals surface area contributed by atoms with Crippen LogP contribution in [0.1, 0.15) is 44.9 Å². The van der Waals surface area contributed by atoms with E-state index in [0.29, 0.717) is 0 Å².